The molecule has 0 radical (unpaired) electrons. The van der Waals surface area contributed by atoms with E-state index >= 15 is 0 Å². The second kappa shape index (κ2) is 6.51. The van der Waals surface area contributed by atoms with Gasteiger partial charge in [0.25, 0.3) is 0 Å². The SMILES string of the molecule is CN(C)CC1CCC(NC(=O)C2(c3ccccc3)CC2(C)C)CC1. The Kier molecular flexibility index (Phi) is 4.74. The zero-order valence-electron chi connectivity index (χ0n) is 15.6. The topological polar surface area (TPSA) is 32.3 Å². The first kappa shape index (κ1) is 17.5. The number of benzene rings is 1. The van der Waals surface area contributed by atoms with Crippen molar-refractivity contribution in [3.8, 4) is 0 Å². The van der Waals surface area contributed by atoms with Gasteiger partial charge in [-0.3, -0.25) is 4.79 Å². The van der Waals surface area contributed by atoms with E-state index in [1.165, 1.54) is 24.9 Å². The van der Waals surface area contributed by atoms with Crippen molar-refractivity contribution in [2.24, 2.45) is 11.3 Å². The van der Waals surface area contributed by atoms with Gasteiger partial charge in [-0.2, -0.15) is 0 Å². The number of hydrogen-bond acceptors (Lipinski definition) is 2. The lowest BCUT2D eigenvalue weighted by Crippen LogP contribution is -2.45. The van der Waals surface area contributed by atoms with E-state index in [0.29, 0.717) is 6.04 Å². The van der Waals surface area contributed by atoms with Crippen LogP contribution < -0.4 is 5.32 Å². The molecular weight excluding hydrogens is 296 g/mol. The first-order chi connectivity index (χ1) is 11.3. The summed E-state index contributed by atoms with van der Waals surface area (Å²) in [4.78, 5) is 15.4. The van der Waals surface area contributed by atoms with Crippen molar-refractivity contribution in [2.75, 3.05) is 20.6 Å². The number of carbonyl (C=O) groups is 1. The molecule has 2 fully saturated rings. The Bertz CT molecular complexity index is 573. The van der Waals surface area contributed by atoms with Crippen LogP contribution in [0.4, 0.5) is 0 Å². The average molecular weight is 329 g/mol. The minimum absolute atomic E-state index is 0.0561. The quantitative estimate of drug-likeness (QED) is 0.896. The molecule has 0 aromatic heterocycles. The Balaban J connectivity index is 1.63. The van der Waals surface area contributed by atoms with Crippen LogP contribution in [0.25, 0.3) is 0 Å². The standard InChI is InChI=1S/C21H32N2O/c1-20(2)15-21(20,17-8-6-5-7-9-17)19(24)22-18-12-10-16(11-13-18)14-23(3)4/h5-9,16,18H,10-15H2,1-4H3,(H,22,24). The van der Waals surface area contributed by atoms with E-state index in [1.807, 2.05) is 18.2 Å². The molecule has 3 nitrogen and oxygen atoms in total. The lowest BCUT2D eigenvalue weighted by atomic mass is 9.83. The van der Waals surface area contributed by atoms with E-state index in [4.69, 9.17) is 0 Å². The van der Waals surface area contributed by atoms with Crippen LogP contribution in [0.3, 0.4) is 0 Å². The van der Waals surface area contributed by atoms with Gasteiger partial charge in [-0.15, -0.1) is 0 Å². The van der Waals surface area contributed by atoms with Crippen molar-refractivity contribution >= 4 is 5.91 Å². The average Bonchev–Trinajstić information content (AvgIpc) is 3.14. The number of nitrogens with one attached hydrogen (secondary N) is 1. The van der Waals surface area contributed by atoms with E-state index < -0.39 is 0 Å². The van der Waals surface area contributed by atoms with Gasteiger partial charge in [0.15, 0.2) is 0 Å². The van der Waals surface area contributed by atoms with Crippen molar-refractivity contribution in [1.82, 2.24) is 10.2 Å². The van der Waals surface area contributed by atoms with Crippen LogP contribution in [0.15, 0.2) is 30.3 Å². The summed E-state index contributed by atoms with van der Waals surface area (Å²) in [6.45, 7) is 5.60. The summed E-state index contributed by atoms with van der Waals surface area (Å²) < 4.78 is 0. The lowest BCUT2D eigenvalue weighted by Gasteiger charge is -2.32. The fraction of sp³-hybridized carbons (Fsp3) is 0.667. The second-order valence-corrected chi connectivity index (χ2v) is 8.79. The highest BCUT2D eigenvalue weighted by Gasteiger charge is 2.67. The number of carbonyl (C=O) groups excluding carboxylic acids is 1. The fourth-order valence-electron chi connectivity index (χ4n) is 4.67. The minimum atomic E-state index is -0.325. The molecule has 0 aliphatic heterocycles. The van der Waals surface area contributed by atoms with Crippen molar-refractivity contribution in [3.05, 3.63) is 35.9 Å². The van der Waals surface area contributed by atoms with Gasteiger partial charge in [0.05, 0.1) is 5.41 Å². The third kappa shape index (κ3) is 3.23. The molecular formula is C21H32N2O. The predicted molar refractivity (Wildman–Crippen MR) is 99.0 cm³/mol. The highest BCUT2D eigenvalue weighted by Crippen LogP contribution is 2.64. The van der Waals surface area contributed by atoms with Gasteiger partial charge in [0.2, 0.25) is 5.91 Å². The number of hydrogen-bond donors (Lipinski definition) is 1. The molecule has 3 rings (SSSR count). The van der Waals surface area contributed by atoms with E-state index in [-0.39, 0.29) is 16.7 Å². The van der Waals surface area contributed by atoms with Gasteiger partial charge in [0, 0.05) is 12.6 Å². The van der Waals surface area contributed by atoms with Gasteiger partial charge in [-0.05, 0) is 63.1 Å². The molecule has 2 aliphatic rings. The van der Waals surface area contributed by atoms with Crippen molar-refractivity contribution in [2.45, 2.75) is 57.4 Å². The predicted octanol–water partition coefficient (Wildman–Crippen LogP) is 3.59. The molecule has 1 amide bonds. The Hall–Kier alpha value is -1.35. The Labute approximate surface area is 146 Å². The summed E-state index contributed by atoms with van der Waals surface area (Å²) in [5.74, 6) is 1.03. The number of nitrogens with zero attached hydrogens (tertiary/aromatic N) is 1. The molecule has 0 saturated heterocycles. The summed E-state index contributed by atoms with van der Waals surface area (Å²) in [7, 11) is 4.29. The van der Waals surface area contributed by atoms with Crippen LogP contribution in [0.2, 0.25) is 0 Å². The lowest BCUT2D eigenvalue weighted by molar-refractivity contribution is -0.125. The van der Waals surface area contributed by atoms with Crippen LogP contribution in [-0.4, -0.2) is 37.5 Å². The van der Waals surface area contributed by atoms with Gasteiger partial charge in [-0.25, -0.2) is 0 Å². The molecule has 1 aromatic carbocycles. The van der Waals surface area contributed by atoms with Crippen LogP contribution >= 0.6 is 0 Å². The maximum absolute atomic E-state index is 13.2. The first-order valence-electron chi connectivity index (χ1n) is 9.36. The van der Waals surface area contributed by atoms with E-state index in [9.17, 15) is 4.79 Å². The summed E-state index contributed by atoms with van der Waals surface area (Å²) in [6.07, 6.45) is 5.65. The summed E-state index contributed by atoms with van der Waals surface area (Å²) in [5.41, 5.74) is 0.906. The van der Waals surface area contributed by atoms with Crippen molar-refractivity contribution in [1.29, 1.82) is 0 Å². The van der Waals surface area contributed by atoms with Crippen molar-refractivity contribution in [3.63, 3.8) is 0 Å². The highest BCUT2D eigenvalue weighted by molar-refractivity contribution is 5.93. The maximum atomic E-state index is 13.2. The summed E-state index contributed by atoms with van der Waals surface area (Å²) in [5, 5.41) is 3.40. The smallest absolute Gasteiger partial charge is 0.231 e. The fourth-order valence-corrected chi connectivity index (χ4v) is 4.67. The maximum Gasteiger partial charge on any atom is 0.231 e. The monoisotopic (exact) mass is 328 g/mol. The Morgan fingerprint density at radius 2 is 1.71 bits per heavy atom. The number of amides is 1. The molecule has 1 atom stereocenters. The molecule has 0 heterocycles. The molecule has 24 heavy (non-hydrogen) atoms. The van der Waals surface area contributed by atoms with E-state index in [2.05, 4.69) is 50.3 Å². The van der Waals surface area contributed by atoms with E-state index in [1.54, 1.807) is 0 Å². The van der Waals surface area contributed by atoms with Crippen LogP contribution in [0.5, 0.6) is 0 Å². The van der Waals surface area contributed by atoms with Crippen LogP contribution in [0.1, 0.15) is 51.5 Å². The molecule has 1 unspecified atom stereocenters. The summed E-state index contributed by atoms with van der Waals surface area (Å²) >= 11 is 0. The molecule has 132 valence electrons. The molecule has 0 spiro atoms. The third-order valence-corrected chi connectivity index (χ3v) is 6.20. The molecule has 2 aliphatic carbocycles. The Morgan fingerprint density at radius 3 is 2.21 bits per heavy atom. The zero-order chi connectivity index (χ0) is 17.4. The van der Waals surface area contributed by atoms with E-state index in [0.717, 1.165) is 25.2 Å². The van der Waals surface area contributed by atoms with Crippen molar-refractivity contribution < 1.29 is 4.79 Å². The Morgan fingerprint density at radius 1 is 1.12 bits per heavy atom. The molecule has 1 aromatic rings. The largest absolute Gasteiger partial charge is 0.353 e. The zero-order valence-corrected chi connectivity index (χ0v) is 15.6. The highest BCUT2D eigenvalue weighted by atomic mass is 16.2. The van der Waals surface area contributed by atoms with Crippen LogP contribution in [-0.2, 0) is 10.2 Å². The van der Waals surface area contributed by atoms with Crippen LogP contribution in [0, 0.1) is 11.3 Å². The van der Waals surface area contributed by atoms with Gasteiger partial charge in [-0.1, -0.05) is 44.2 Å². The molecule has 2 saturated carbocycles. The first-order valence-corrected chi connectivity index (χ1v) is 9.36. The van der Waals surface area contributed by atoms with Gasteiger partial charge >= 0.3 is 0 Å². The normalized spacial score (nSPS) is 31.7. The third-order valence-electron chi connectivity index (χ3n) is 6.20. The molecule has 1 N–H and O–H groups in total. The van der Waals surface area contributed by atoms with Gasteiger partial charge in [0.1, 0.15) is 0 Å². The molecule has 0 bridgehead atoms. The second-order valence-electron chi connectivity index (χ2n) is 8.79. The minimum Gasteiger partial charge on any atom is -0.353 e. The summed E-state index contributed by atoms with van der Waals surface area (Å²) in [6, 6.07) is 10.7. The molecule has 3 heteroatoms. The van der Waals surface area contributed by atoms with Gasteiger partial charge < -0.3 is 10.2 Å². The number of rotatable bonds is 5.